The van der Waals surface area contributed by atoms with Crippen molar-refractivity contribution in [3.05, 3.63) is 29.3 Å². The second-order valence-electron chi connectivity index (χ2n) is 2.60. The first-order valence-corrected chi connectivity index (χ1v) is 3.70. The first kappa shape index (κ1) is 8.08. The average Bonchev–Trinajstić information content (AvgIpc) is 1.99. The molecule has 0 unspecified atom stereocenters. The van der Waals surface area contributed by atoms with Crippen molar-refractivity contribution < 1.29 is 5.11 Å². The Labute approximate surface area is 66.7 Å². The molecule has 0 heterocycles. The topological polar surface area (TPSA) is 46.2 Å². The first-order valence-electron chi connectivity index (χ1n) is 3.70. The molecule has 1 aromatic rings. The summed E-state index contributed by atoms with van der Waals surface area (Å²) < 4.78 is 0. The van der Waals surface area contributed by atoms with Crippen LogP contribution in [0, 0.1) is 6.92 Å². The molecule has 3 N–H and O–H groups in total. The van der Waals surface area contributed by atoms with Crippen LogP contribution in [0.2, 0.25) is 0 Å². The highest BCUT2D eigenvalue weighted by molar-refractivity contribution is 5.49. The summed E-state index contributed by atoms with van der Waals surface area (Å²) in [6.45, 7) is 2.16. The molecule has 0 aliphatic carbocycles. The molecule has 0 radical (unpaired) electrons. The van der Waals surface area contributed by atoms with Crippen molar-refractivity contribution in [1.82, 2.24) is 0 Å². The highest BCUT2D eigenvalue weighted by Crippen LogP contribution is 2.15. The highest BCUT2D eigenvalue weighted by Gasteiger charge is 1.98. The van der Waals surface area contributed by atoms with Crippen molar-refractivity contribution >= 4 is 5.69 Å². The van der Waals surface area contributed by atoms with Gasteiger partial charge in [-0.05, 0) is 30.5 Å². The summed E-state index contributed by atoms with van der Waals surface area (Å²) in [4.78, 5) is 0. The van der Waals surface area contributed by atoms with Crippen LogP contribution in [0.15, 0.2) is 18.2 Å². The van der Waals surface area contributed by atoms with Crippen LogP contribution >= 0.6 is 0 Å². The lowest BCUT2D eigenvalue weighted by Crippen LogP contribution is -1.97. The molecule has 60 valence electrons. The molecule has 11 heavy (non-hydrogen) atoms. The van der Waals surface area contributed by atoms with Gasteiger partial charge in [-0.25, -0.2) is 0 Å². The Hall–Kier alpha value is -1.02. The van der Waals surface area contributed by atoms with Gasteiger partial charge >= 0.3 is 0 Å². The lowest BCUT2D eigenvalue weighted by atomic mass is 10.0. The van der Waals surface area contributed by atoms with Crippen molar-refractivity contribution in [3.8, 4) is 0 Å². The smallest absolute Gasteiger partial charge is 0.0471 e. The summed E-state index contributed by atoms with van der Waals surface area (Å²) >= 11 is 0. The Morgan fingerprint density at radius 3 is 2.82 bits per heavy atom. The van der Waals surface area contributed by atoms with Gasteiger partial charge in [0.05, 0.1) is 0 Å². The minimum Gasteiger partial charge on any atom is -0.399 e. The fraction of sp³-hybridized carbons (Fsp3) is 0.333. The Bertz CT molecular complexity index is 245. The summed E-state index contributed by atoms with van der Waals surface area (Å²) in [5.74, 6) is 0. The quantitative estimate of drug-likeness (QED) is 0.622. The van der Waals surface area contributed by atoms with E-state index in [0.717, 1.165) is 16.8 Å². The molecule has 0 saturated carbocycles. The number of rotatable bonds is 2. The number of aliphatic hydroxyl groups excluding tert-OH is 1. The molecular weight excluding hydrogens is 138 g/mol. The van der Waals surface area contributed by atoms with Crippen molar-refractivity contribution in [1.29, 1.82) is 0 Å². The Kier molecular flexibility index (Phi) is 2.49. The predicted molar refractivity (Wildman–Crippen MR) is 46.4 cm³/mol. The van der Waals surface area contributed by atoms with Gasteiger partial charge in [0.15, 0.2) is 0 Å². The molecule has 0 aromatic heterocycles. The molecule has 0 aliphatic heterocycles. The maximum absolute atomic E-state index is 8.69. The molecule has 0 amide bonds. The third-order valence-corrected chi connectivity index (χ3v) is 1.87. The van der Waals surface area contributed by atoms with E-state index in [0.29, 0.717) is 6.42 Å². The van der Waals surface area contributed by atoms with Crippen LogP contribution in [0.3, 0.4) is 0 Å². The van der Waals surface area contributed by atoms with Crippen LogP contribution in [0.4, 0.5) is 5.69 Å². The van der Waals surface area contributed by atoms with Crippen LogP contribution < -0.4 is 5.73 Å². The number of benzene rings is 1. The van der Waals surface area contributed by atoms with Crippen molar-refractivity contribution in [2.45, 2.75) is 13.3 Å². The molecule has 0 spiro atoms. The largest absolute Gasteiger partial charge is 0.399 e. The maximum atomic E-state index is 8.69. The van der Waals surface area contributed by atoms with E-state index in [-0.39, 0.29) is 6.61 Å². The summed E-state index contributed by atoms with van der Waals surface area (Å²) in [6.07, 6.45) is 0.691. The SMILES string of the molecule is Cc1c(N)cccc1CCO. The molecule has 0 atom stereocenters. The van der Waals surface area contributed by atoms with E-state index in [4.69, 9.17) is 10.8 Å². The molecule has 2 heteroatoms. The van der Waals surface area contributed by atoms with Crippen molar-refractivity contribution in [3.63, 3.8) is 0 Å². The normalized spacial score (nSPS) is 10.0. The minimum atomic E-state index is 0.185. The molecular formula is C9H13NO. The average molecular weight is 151 g/mol. The highest BCUT2D eigenvalue weighted by atomic mass is 16.2. The number of aliphatic hydroxyl groups is 1. The number of anilines is 1. The summed E-state index contributed by atoms with van der Waals surface area (Å²) in [5.41, 5.74) is 8.69. The van der Waals surface area contributed by atoms with E-state index in [1.807, 2.05) is 25.1 Å². The Balaban J connectivity index is 2.96. The van der Waals surface area contributed by atoms with Gasteiger partial charge in [-0.1, -0.05) is 12.1 Å². The fourth-order valence-corrected chi connectivity index (χ4v) is 1.09. The Morgan fingerprint density at radius 2 is 2.18 bits per heavy atom. The van der Waals surface area contributed by atoms with E-state index in [9.17, 15) is 0 Å². The zero-order valence-electron chi connectivity index (χ0n) is 6.67. The van der Waals surface area contributed by atoms with E-state index >= 15 is 0 Å². The third kappa shape index (κ3) is 1.71. The summed E-state index contributed by atoms with van der Waals surface area (Å²) in [7, 11) is 0. The molecule has 0 fully saturated rings. The van der Waals surface area contributed by atoms with Crippen molar-refractivity contribution in [2.24, 2.45) is 0 Å². The van der Waals surface area contributed by atoms with Gasteiger partial charge in [-0.3, -0.25) is 0 Å². The van der Waals surface area contributed by atoms with E-state index in [1.165, 1.54) is 0 Å². The van der Waals surface area contributed by atoms with Crippen molar-refractivity contribution in [2.75, 3.05) is 12.3 Å². The molecule has 1 rings (SSSR count). The van der Waals surface area contributed by atoms with Crippen LogP contribution in [0.25, 0.3) is 0 Å². The number of hydrogen-bond donors (Lipinski definition) is 2. The monoisotopic (exact) mass is 151 g/mol. The van der Waals surface area contributed by atoms with E-state index in [2.05, 4.69) is 0 Å². The second kappa shape index (κ2) is 3.39. The zero-order chi connectivity index (χ0) is 8.27. The van der Waals surface area contributed by atoms with Gasteiger partial charge in [-0.15, -0.1) is 0 Å². The third-order valence-electron chi connectivity index (χ3n) is 1.87. The zero-order valence-corrected chi connectivity index (χ0v) is 6.67. The second-order valence-corrected chi connectivity index (χ2v) is 2.60. The molecule has 0 bridgehead atoms. The molecule has 1 aromatic carbocycles. The maximum Gasteiger partial charge on any atom is 0.0471 e. The summed E-state index contributed by atoms with van der Waals surface area (Å²) in [6, 6.07) is 5.77. The van der Waals surface area contributed by atoms with Crippen LogP contribution in [-0.2, 0) is 6.42 Å². The molecule has 0 saturated heterocycles. The molecule has 2 nitrogen and oxygen atoms in total. The standard InChI is InChI=1S/C9H13NO/c1-7-8(5-6-11)3-2-4-9(7)10/h2-4,11H,5-6,10H2,1H3. The van der Waals surface area contributed by atoms with Gasteiger partial charge in [0.25, 0.3) is 0 Å². The van der Waals surface area contributed by atoms with Gasteiger partial charge in [-0.2, -0.15) is 0 Å². The Morgan fingerprint density at radius 1 is 1.45 bits per heavy atom. The minimum absolute atomic E-state index is 0.185. The number of hydrogen-bond acceptors (Lipinski definition) is 2. The van der Waals surface area contributed by atoms with Gasteiger partial charge in [0.2, 0.25) is 0 Å². The van der Waals surface area contributed by atoms with Gasteiger partial charge < -0.3 is 10.8 Å². The number of nitrogen functional groups attached to an aromatic ring is 1. The summed E-state index contributed by atoms with van der Waals surface area (Å²) in [5, 5.41) is 8.69. The fourth-order valence-electron chi connectivity index (χ4n) is 1.09. The van der Waals surface area contributed by atoms with E-state index in [1.54, 1.807) is 0 Å². The first-order chi connectivity index (χ1) is 5.25. The predicted octanol–water partition coefficient (Wildman–Crippen LogP) is 1.11. The number of nitrogens with two attached hydrogens (primary N) is 1. The van der Waals surface area contributed by atoms with Crippen LogP contribution in [0.5, 0.6) is 0 Å². The molecule has 0 aliphatic rings. The van der Waals surface area contributed by atoms with Gasteiger partial charge in [0, 0.05) is 12.3 Å². The van der Waals surface area contributed by atoms with E-state index < -0.39 is 0 Å². The lowest BCUT2D eigenvalue weighted by molar-refractivity contribution is 0.299. The van der Waals surface area contributed by atoms with Crippen LogP contribution in [-0.4, -0.2) is 11.7 Å². The lowest BCUT2D eigenvalue weighted by Gasteiger charge is -2.05. The van der Waals surface area contributed by atoms with Gasteiger partial charge in [0.1, 0.15) is 0 Å². The van der Waals surface area contributed by atoms with Crippen LogP contribution in [0.1, 0.15) is 11.1 Å².